The lowest BCUT2D eigenvalue weighted by atomic mass is 10.1. The summed E-state index contributed by atoms with van der Waals surface area (Å²) in [5.41, 5.74) is 1.59. The Labute approximate surface area is 169 Å². The average molecular weight is 411 g/mol. The molecule has 0 amide bonds. The molecule has 0 N–H and O–H groups in total. The molecular formula is C20H24Cl2N2O3. The highest BCUT2D eigenvalue weighted by molar-refractivity contribution is 6.28. The van der Waals surface area contributed by atoms with Crippen LogP contribution in [-0.4, -0.2) is 34.1 Å². The number of hydrogen-bond donors (Lipinski definition) is 0. The van der Waals surface area contributed by atoms with Crippen molar-refractivity contribution >= 4 is 35.2 Å². The third-order valence-corrected chi connectivity index (χ3v) is 4.19. The number of rotatable bonds is 7. The van der Waals surface area contributed by atoms with Crippen molar-refractivity contribution in [1.29, 1.82) is 0 Å². The van der Waals surface area contributed by atoms with Crippen molar-refractivity contribution in [2.45, 2.75) is 39.2 Å². The number of carbonyl (C=O) groups excluding carboxylic acids is 1. The molecule has 1 aromatic carbocycles. The number of ether oxygens (including phenoxy) is 2. The van der Waals surface area contributed by atoms with E-state index in [4.69, 9.17) is 32.7 Å². The third kappa shape index (κ3) is 6.01. The van der Waals surface area contributed by atoms with Crippen LogP contribution < -0.4 is 4.74 Å². The normalized spacial score (nSPS) is 12.1. The van der Waals surface area contributed by atoms with Crippen molar-refractivity contribution < 1.29 is 14.3 Å². The molecule has 2 aromatic rings. The zero-order valence-corrected chi connectivity index (χ0v) is 17.5. The Morgan fingerprint density at radius 2 is 2.07 bits per heavy atom. The minimum Gasteiger partial charge on any atom is -0.495 e. The predicted octanol–water partition coefficient (Wildman–Crippen LogP) is 5.28. The molecule has 1 aromatic heterocycles. The Hall–Kier alpha value is -1.98. The van der Waals surface area contributed by atoms with Gasteiger partial charge in [0.25, 0.3) is 0 Å². The van der Waals surface area contributed by atoms with Crippen LogP contribution in [0.2, 0.25) is 5.28 Å². The molecule has 146 valence electrons. The number of imidazole rings is 1. The van der Waals surface area contributed by atoms with Crippen molar-refractivity contribution in [2.24, 2.45) is 0 Å². The van der Waals surface area contributed by atoms with E-state index < -0.39 is 5.60 Å². The second kappa shape index (κ2) is 9.29. The largest absolute Gasteiger partial charge is 0.495 e. The predicted molar refractivity (Wildman–Crippen MR) is 109 cm³/mol. The molecule has 2 rings (SSSR count). The van der Waals surface area contributed by atoms with E-state index in [0.717, 1.165) is 11.3 Å². The molecule has 0 fully saturated rings. The molecule has 27 heavy (non-hydrogen) atoms. The molecule has 5 nitrogen and oxygen atoms in total. The van der Waals surface area contributed by atoms with E-state index in [2.05, 4.69) is 4.98 Å². The zero-order valence-electron chi connectivity index (χ0n) is 16.0. The summed E-state index contributed by atoms with van der Waals surface area (Å²) in [5, 5.41) is 0.341. The van der Waals surface area contributed by atoms with Gasteiger partial charge >= 0.3 is 5.97 Å². The van der Waals surface area contributed by atoms with Gasteiger partial charge in [0.15, 0.2) is 0 Å². The van der Waals surface area contributed by atoms with E-state index in [-0.39, 0.29) is 5.97 Å². The van der Waals surface area contributed by atoms with Crippen LogP contribution in [-0.2, 0) is 9.53 Å². The highest BCUT2D eigenvalue weighted by atomic mass is 35.5. The summed E-state index contributed by atoms with van der Waals surface area (Å²) < 4.78 is 12.7. The number of halogens is 2. The van der Waals surface area contributed by atoms with Crippen molar-refractivity contribution in [1.82, 2.24) is 9.55 Å². The van der Waals surface area contributed by atoms with Gasteiger partial charge in [-0.05, 0) is 69.0 Å². The molecule has 0 spiro atoms. The number of alkyl halides is 1. The Morgan fingerprint density at radius 1 is 1.33 bits per heavy atom. The standard InChI is InChI=1S/C20H24Cl2N2O3/c1-20(2,3)27-18(25)15(6-5-9-21)12-14-7-8-16(17(13-14)26-4)24-11-10-23-19(24)22/h7-8,10-13H,5-6,9H2,1-4H3/b15-12+. The van der Waals surface area contributed by atoms with Gasteiger partial charge in [-0.3, -0.25) is 4.57 Å². The average Bonchev–Trinajstić information content (AvgIpc) is 3.02. The first-order valence-corrected chi connectivity index (χ1v) is 9.53. The first-order chi connectivity index (χ1) is 12.7. The van der Waals surface area contributed by atoms with Gasteiger partial charge in [0.2, 0.25) is 5.28 Å². The van der Waals surface area contributed by atoms with Gasteiger partial charge in [-0.2, -0.15) is 0 Å². The van der Waals surface area contributed by atoms with Crippen molar-refractivity contribution in [3.8, 4) is 11.4 Å². The molecule has 0 saturated heterocycles. The van der Waals surface area contributed by atoms with Crippen LogP contribution >= 0.6 is 23.2 Å². The van der Waals surface area contributed by atoms with Crippen molar-refractivity contribution in [3.63, 3.8) is 0 Å². The van der Waals surface area contributed by atoms with E-state index >= 15 is 0 Å². The molecule has 0 aliphatic carbocycles. The minimum absolute atomic E-state index is 0.340. The van der Waals surface area contributed by atoms with Crippen LogP contribution in [0, 0.1) is 0 Å². The summed E-state index contributed by atoms with van der Waals surface area (Å²) in [5.74, 6) is 0.750. The lowest BCUT2D eigenvalue weighted by Crippen LogP contribution is -2.25. The van der Waals surface area contributed by atoms with Gasteiger partial charge in [0.05, 0.1) is 12.8 Å². The van der Waals surface area contributed by atoms with Crippen LogP contribution in [0.15, 0.2) is 36.2 Å². The lowest BCUT2D eigenvalue weighted by molar-refractivity contribution is -0.149. The van der Waals surface area contributed by atoms with E-state index in [9.17, 15) is 4.79 Å². The fourth-order valence-electron chi connectivity index (χ4n) is 2.48. The smallest absolute Gasteiger partial charge is 0.334 e. The topological polar surface area (TPSA) is 53.4 Å². The fraction of sp³-hybridized carbons (Fsp3) is 0.400. The fourth-order valence-corrected chi connectivity index (χ4v) is 2.82. The van der Waals surface area contributed by atoms with E-state index in [1.54, 1.807) is 24.1 Å². The first-order valence-electron chi connectivity index (χ1n) is 8.62. The number of aromatic nitrogens is 2. The zero-order chi connectivity index (χ0) is 20.0. The van der Waals surface area contributed by atoms with Gasteiger partial charge in [-0.15, -0.1) is 11.6 Å². The van der Waals surface area contributed by atoms with Crippen LogP contribution in [0.25, 0.3) is 11.8 Å². The number of benzene rings is 1. The summed E-state index contributed by atoms with van der Waals surface area (Å²) >= 11 is 11.9. The summed E-state index contributed by atoms with van der Waals surface area (Å²) in [6.45, 7) is 5.53. The number of nitrogens with zero attached hydrogens (tertiary/aromatic N) is 2. The van der Waals surface area contributed by atoms with Gasteiger partial charge < -0.3 is 9.47 Å². The molecule has 0 saturated carbocycles. The summed E-state index contributed by atoms with van der Waals surface area (Å²) in [7, 11) is 1.58. The van der Waals surface area contributed by atoms with Crippen LogP contribution in [0.5, 0.6) is 5.75 Å². The maximum absolute atomic E-state index is 12.5. The molecule has 0 unspecified atom stereocenters. The summed E-state index contributed by atoms with van der Waals surface area (Å²) in [6.07, 6.45) is 6.40. The molecule has 0 aliphatic rings. The van der Waals surface area contributed by atoms with Crippen molar-refractivity contribution in [2.75, 3.05) is 13.0 Å². The summed E-state index contributed by atoms with van der Waals surface area (Å²) in [4.78, 5) is 16.5. The van der Waals surface area contributed by atoms with Gasteiger partial charge in [-0.25, -0.2) is 9.78 Å². The Bertz CT molecular complexity index is 823. The third-order valence-electron chi connectivity index (χ3n) is 3.64. The maximum atomic E-state index is 12.5. The second-order valence-corrected chi connectivity index (χ2v) is 7.68. The Balaban J connectivity index is 2.38. The van der Waals surface area contributed by atoms with Gasteiger partial charge in [0.1, 0.15) is 11.4 Å². The van der Waals surface area contributed by atoms with E-state index in [1.807, 2.05) is 45.0 Å². The quantitative estimate of drug-likeness (QED) is 0.354. The SMILES string of the molecule is COc1cc(/C=C(\CCCCl)C(=O)OC(C)(C)C)ccc1-n1ccnc1Cl. The second-order valence-electron chi connectivity index (χ2n) is 6.96. The lowest BCUT2D eigenvalue weighted by Gasteiger charge is -2.20. The summed E-state index contributed by atoms with van der Waals surface area (Å²) in [6, 6.07) is 5.60. The first kappa shape index (κ1) is 21.3. The molecule has 7 heteroatoms. The maximum Gasteiger partial charge on any atom is 0.334 e. The van der Waals surface area contributed by atoms with Crippen molar-refractivity contribution in [3.05, 3.63) is 47.0 Å². The number of carbonyl (C=O) groups is 1. The molecule has 0 radical (unpaired) electrons. The number of methoxy groups -OCH3 is 1. The van der Waals surface area contributed by atoms with E-state index in [0.29, 0.717) is 35.3 Å². The highest BCUT2D eigenvalue weighted by Crippen LogP contribution is 2.28. The molecular weight excluding hydrogens is 387 g/mol. The Morgan fingerprint density at radius 3 is 2.63 bits per heavy atom. The monoisotopic (exact) mass is 410 g/mol. The van der Waals surface area contributed by atoms with Crippen LogP contribution in [0.1, 0.15) is 39.2 Å². The van der Waals surface area contributed by atoms with Gasteiger partial charge in [0, 0.05) is 23.8 Å². The molecule has 1 heterocycles. The molecule has 0 bridgehead atoms. The number of hydrogen-bond acceptors (Lipinski definition) is 4. The number of esters is 1. The molecule has 0 atom stereocenters. The minimum atomic E-state index is -0.559. The van der Waals surface area contributed by atoms with Crippen LogP contribution in [0.4, 0.5) is 0 Å². The highest BCUT2D eigenvalue weighted by Gasteiger charge is 2.20. The molecule has 0 aliphatic heterocycles. The van der Waals surface area contributed by atoms with Crippen LogP contribution in [0.3, 0.4) is 0 Å². The van der Waals surface area contributed by atoms with Gasteiger partial charge in [-0.1, -0.05) is 6.07 Å². The Kier molecular flexibility index (Phi) is 7.33. The van der Waals surface area contributed by atoms with E-state index in [1.165, 1.54) is 0 Å².